The highest BCUT2D eigenvalue weighted by molar-refractivity contribution is 6.43. The normalized spacial score (nSPS) is 10.4. The first-order valence-electron chi connectivity index (χ1n) is 4.94. The summed E-state index contributed by atoms with van der Waals surface area (Å²) in [5.41, 5.74) is 6.14. The van der Waals surface area contributed by atoms with Gasteiger partial charge in [-0.2, -0.15) is 4.98 Å². The van der Waals surface area contributed by atoms with Gasteiger partial charge in [0, 0.05) is 18.8 Å². The van der Waals surface area contributed by atoms with Gasteiger partial charge in [0.15, 0.2) is 5.75 Å². The van der Waals surface area contributed by atoms with Crippen molar-refractivity contribution in [2.45, 2.75) is 6.54 Å². The molecular weight excluding hydrogens is 296 g/mol. The van der Waals surface area contributed by atoms with E-state index in [4.69, 9.17) is 45.3 Å². The first-order chi connectivity index (χ1) is 8.60. The van der Waals surface area contributed by atoms with Gasteiger partial charge in [0.2, 0.25) is 0 Å². The Labute approximate surface area is 119 Å². The molecule has 0 aliphatic heterocycles. The fraction of sp³-hybridized carbons (Fsp3) is 0.0909. The zero-order valence-electron chi connectivity index (χ0n) is 9.03. The van der Waals surface area contributed by atoms with Crippen LogP contribution in [0.3, 0.4) is 0 Å². The molecule has 0 aliphatic rings. The molecule has 0 fully saturated rings. The van der Waals surface area contributed by atoms with Gasteiger partial charge in [-0.15, -0.1) is 0 Å². The molecule has 1 aromatic heterocycles. The average Bonchev–Trinajstić information content (AvgIpc) is 2.36. The highest BCUT2D eigenvalue weighted by Crippen LogP contribution is 2.35. The van der Waals surface area contributed by atoms with E-state index in [9.17, 15) is 0 Å². The Morgan fingerprint density at radius 2 is 1.83 bits per heavy atom. The van der Waals surface area contributed by atoms with E-state index in [0.717, 1.165) is 0 Å². The third-order valence-corrected chi connectivity index (χ3v) is 3.09. The van der Waals surface area contributed by atoms with Crippen molar-refractivity contribution in [1.82, 2.24) is 9.97 Å². The van der Waals surface area contributed by atoms with Crippen molar-refractivity contribution >= 4 is 34.8 Å². The zero-order valence-corrected chi connectivity index (χ0v) is 11.3. The maximum Gasteiger partial charge on any atom is 0.322 e. The molecule has 2 rings (SSSR count). The molecule has 0 spiro atoms. The lowest BCUT2D eigenvalue weighted by molar-refractivity contribution is 0.439. The Bertz CT molecular complexity index is 577. The molecular formula is C11H8Cl3N3O. The number of halogens is 3. The van der Waals surface area contributed by atoms with Crippen LogP contribution in [0.5, 0.6) is 11.8 Å². The Balaban J connectivity index is 2.30. The average molecular weight is 305 g/mol. The van der Waals surface area contributed by atoms with Gasteiger partial charge >= 0.3 is 6.01 Å². The fourth-order valence-electron chi connectivity index (χ4n) is 1.22. The maximum atomic E-state index is 5.98. The van der Waals surface area contributed by atoms with Crippen LogP contribution in [0.2, 0.25) is 15.1 Å². The Hall–Kier alpha value is -1.07. The number of nitrogens with two attached hydrogens (primary N) is 1. The summed E-state index contributed by atoms with van der Waals surface area (Å²) in [5.74, 6) is 0.334. The molecule has 7 heteroatoms. The number of nitrogens with zero attached hydrogens (tertiary/aromatic N) is 2. The molecule has 2 aromatic rings. The molecule has 1 heterocycles. The van der Waals surface area contributed by atoms with E-state index in [1.165, 1.54) is 12.1 Å². The summed E-state index contributed by atoms with van der Waals surface area (Å²) in [6.07, 6.45) is 1.55. The van der Waals surface area contributed by atoms with Crippen molar-refractivity contribution < 1.29 is 4.74 Å². The van der Waals surface area contributed by atoms with Gasteiger partial charge < -0.3 is 10.5 Å². The molecule has 1 aromatic carbocycles. The largest absolute Gasteiger partial charge is 0.423 e. The molecule has 94 valence electrons. The van der Waals surface area contributed by atoms with Gasteiger partial charge in [0.05, 0.1) is 20.8 Å². The zero-order chi connectivity index (χ0) is 13.1. The van der Waals surface area contributed by atoms with E-state index in [-0.39, 0.29) is 6.01 Å². The smallest absolute Gasteiger partial charge is 0.322 e. The lowest BCUT2D eigenvalue weighted by Gasteiger charge is -2.07. The Kier molecular flexibility index (Phi) is 4.24. The monoisotopic (exact) mass is 303 g/mol. The molecule has 0 radical (unpaired) electrons. The predicted octanol–water partition coefficient (Wildman–Crippen LogP) is 3.69. The third kappa shape index (κ3) is 3.03. The number of hydrogen-bond acceptors (Lipinski definition) is 4. The van der Waals surface area contributed by atoms with E-state index < -0.39 is 0 Å². The number of benzene rings is 1. The van der Waals surface area contributed by atoms with Crippen molar-refractivity contribution in [1.29, 1.82) is 0 Å². The molecule has 0 saturated heterocycles. The first-order valence-corrected chi connectivity index (χ1v) is 6.08. The lowest BCUT2D eigenvalue weighted by atomic mass is 10.3. The van der Waals surface area contributed by atoms with E-state index in [2.05, 4.69) is 9.97 Å². The predicted molar refractivity (Wildman–Crippen MR) is 71.5 cm³/mol. The van der Waals surface area contributed by atoms with Crippen LogP contribution in [0.1, 0.15) is 5.69 Å². The van der Waals surface area contributed by atoms with Crippen molar-refractivity contribution in [2.75, 3.05) is 0 Å². The highest BCUT2D eigenvalue weighted by atomic mass is 35.5. The number of hydrogen-bond donors (Lipinski definition) is 1. The number of ether oxygens (including phenoxy) is 1. The third-order valence-electron chi connectivity index (χ3n) is 2.08. The maximum absolute atomic E-state index is 5.98. The van der Waals surface area contributed by atoms with Crippen molar-refractivity contribution in [2.24, 2.45) is 5.73 Å². The minimum Gasteiger partial charge on any atom is -0.423 e. The SMILES string of the molecule is NCc1ccnc(Oc2cc(Cl)c(Cl)cc2Cl)n1. The molecule has 0 atom stereocenters. The van der Waals surface area contributed by atoms with Crippen LogP contribution in [0.15, 0.2) is 24.4 Å². The van der Waals surface area contributed by atoms with Gasteiger partial charge in [-0.05, 0) is 12.1 Å². The number of aromatic nitrogens is 2. The number of rotatable bonds is 3. The molecule has 18 heavy (non-hydrogen) atoms. The van der Waals surface area contributed by atoms with E-state index >= 15 is 0 Å². The van der Waals surface area contributed by atoms with E-state index in [0.29, 0.717) is 33.1 Å². The fourth-order valence-corrected chi connectivity index (χ4v) is 1.80. The van der Waals surface area contributed by atoms with Crippen LogP contribution < -0.4 is 10.5 Å². The molecule has 0 saturated carbocycles. The molecule has 0 aliphatic carbocycles. The van der Waals surface area contributed by atoms with Crippen molar-refractivity contribution in [3.8, 4) is 11.8 Å². The molecule has 4 nitrogen and oxygen atoms in total. The van der Waals surface area contributed by atoms with Crippen LogP contribution in [0, 0.1) is 0 Å². The minimum atomic E-state index is 0.151. The molecule has 0 bridgehead atoms. The van der Waals surface area contributed by atoms with Crippen LogP contribution >= 0.6 is 34.8 Å². The topological polar surface area (TPSA) is 61.0 Å². The van der Waals surface area contributed by atoms with Gasteiger partial charge in [-0.3, -0.25) is 0 Å². The quantitative estimate of drug-likeness (QED) is 0.879. The second-order valence-electron chi connectivity index (χ2n) is 3.33. The standard InChI is InChI=1S/C11H8Cl3N3O/c12-7-3-9(14)10(4-8(7)13)18-11-16-2-1-6(5-15)17-11/h1-4H,5,15H2. The summed E-state index contributed by atoms with van der Waals surface area (Å²) >= 11 is 17.7. The summed E-state index contributed by atoms with van der Waals surface area (Å²) in [6.45, 7) is 0.300. The minimum absolute atomic E-state index is 0.151. The van der Waals surface area contributed by atoms with E-state index in [1.807, 2.05) is 0 Å². The summed E-state index contributed by atoms with van der Waals surface area (Å²) in [6, 6.07) is 4.85. The van der Waals surface area contributed by atoms with Gasteiger partial charge in [0.1, 0.15) is 0 Å². The summed E-state index contributed by atoms with van der Waals surface area (Å²) < 4.78 is 5.43. The summed E-state index contributed by atoms with van der Waals surface area (Å²) in [7, 11) is 0. The second kappa shape index (κ2) is 5.71. The van der Waals surface area contributed by atoms with Crippen LogP contribution in [0.4, 0.5) is 0 Å². The highest BCUT2D eigenvalue weighted by Gasteiger charge is 2.09. The van der Waals surface area contributed by atoms with Crippen molar-refractivity contribution in [3.63, 3.8) is 0 Å². The Morgan fingerprint density at radius 3 is 2.56 bits per heavy atom. The molecule has 0 unspecified atom stereocenters. The lowest BCUT2D eigenvalue weighted by Crippen LogP contribution is -2.01. The first kappa shape index (κ1) is 13.4. The van der Waals surface area contributed by atoms with Crippen LogP contribution in [-0.4, -0.2) is 9.97 Å². The van der Waals surface area contributed by atoms with Crippen molar-refractivity contribution in [3.05, 3.63) is 45.2 Å². The Morgan fingerprint density at radius 1 is 1.11 bits per heavy atom. The van der Waals surface area contributed by atoms with Gasteiger partial charge in [-0.1, -0.05) is 34.8 Å². The summed E-state index contributed by atoms with van der Waals surface area (Å²) in [5, 5.41) is 1.02. The van der Waals surface area contributed by atoms with Crippen LogP contribution in [0.25, 0.3) is 0 Å². The van der Waals surface area contributed by atoms with Gasteiger partial charge in [-0.25, -0.2) is 4.98 Å². The van der Waals surface area contributed by atoms with E-state index in [1.54, 1.807) is 12.3 Å². The molecule has 0 amide bonds. The van der Waals surface area contributed by atoms with Crippen LogP contribution in [-0.2, 0) is 6.54 Å². The molecule has 2 N–H and O–H groups in total. The second-order valence-corrected chi connectivity index (χ2v) is 4.56. The summed E-state index contributed by atoms with van der Waals surface area (Å²) in [4.78, 5) is 8.04. The van der Waals surface area contributed by atoms with Gasteiger partial charge in [0.25, 0.3) is 0 Å².